The van der Waals surface area contributed by atoms with Crippen LogP contribution in [0.2, 0.25) is 0 Å². The van der Waals surface area contributed by atoms with E-state index in [-0.39, 0.29) is 12.1 Å². The highest BCUT2D eigenvalue weighted by molar-refractivity contribution is 7.13. The lowest BCUT2D eigenvalue weighted by molar-refractivity contribution is 0.252. The zero-order valence-electron chi connectivity index (χ0n) is 15.7. The molecule has 1 atom stereocenters. The summed E-state index contributed by atoms with van der Waals surface area (Å²) in [6, 6.07) is 17.3. The number of nitrogens with two attached hydrogens (primary N) is 1. The first-order chi connectivity index (χ1) is 13.6. The third-order valence-electron chi connectivity index (χ3n) is 4.28. The van der Waals surface area contributed by atoms with Gasteiger partial charge in [0.1, 0.15) is 5.75 Å². The summed E-state index contributed by atoms with van der Waals surface area (Å²) < 4.78 is 5.16. The van der Waals surface area contributed by atoms with Gasteiger partial charge in [-0.2, -0.15) is 0 Å². The van der Waals surface area contributed by atoms with E-state index in [0.29, 0.717) is 18.1 Å². The average molecular weight is 397 g/mol. The molecule has 146 valence electrons. The van der Waals surface area contributed by atoms with E-state index >= 15 is 0 Å². The van der Waals surface area contributed by atoms with Gasteiger partial charge in [-0.05, 0) is 36.1 Å². The van der Waals surface area contributed by atoms with Crippen LogP contribution in [0.4, 0.5) is 9.93 Å². The number of anilines is 1. The van der Waals surface area contributed by atoms with Gasteiger partial charge in [0, 0.05) is 11.9 Å². The number of urea groups is 1. The van der Waals surface area contributed by atoms with Gasteiger partial charge in [-0.1, -0.05) is 42.5 Å². The summed E-state index contributed by atoms with van der Waals surface area (Å²) in [6.45, 7) is 0.561. The third-order valence-corrected chi connectivity index (χ3v) is 5.05. The predicted octanol–water partition coefficient (Wildman–Crippen LogP) is 3.76. The molecule has 0 aliphatic heterocycles. The Morgan fingerprint density at radius 3 is 2.61 bits per heavy atom. The number of thiazole rings is 1. The molecule has 4 N–H and O–H groups in total. The Bertz CT molecular complexity index is 881. The predicted molar refractivity (Wildman–Crippen MR) is 113 cm³/mol. The van der Waals surface area contributed by atoms with Gasteiger partial charge in [-0.15, -0.1) is 11.3 Å². The molecule has 0 saturated heterocycles. The monoisotopic (exact) mass is 396 g/mol. The van der Waals surface area contributed by atoms with Gasteiger partial charge in [-0.25, -0.2) is 9.78 Å². The van der Waals surface area contributed by atoms with Crippen molar-refractivity contribution >= 4 is 22.5 Å². The maximum absolute atomic E-state index is 12.0. The van der Waals surface area contributed by atoms with Gasteiger partial charge in [0.15, 0.2) is 5.13 Å². The van der Waals surface area contributed by atoms with Crippen LogP contribution < -0.4 is 21.1 Å². The third kappa shape index (κ3) is 5.80. The summed E-state index contributed by atoms with van der Waals surface area (Å²) in [7, 11) is 1.64. The number of nitrogens with one attached hydrogen (secondary N) is 2. The van der Waals surface area contributed by atoms with E-state index in [9.17, 15) is 4.79 Å². The molecule has 0 fully saturated rings. The number of amides is 2. The number of nitrogens with zero attached hydrogens (tertiary/aromatic N) is 1. The molecule has 0 aliphatic carbocycles. The van der Waals surface area contributed by atoms with E-state index in [0.717, 1.165) is 23.4 Å². The smallest absolute Gasteiger partial charge is 0.321 e. The van der Waals surface area contributed by atoms with Crippen LogP contribution in [0.15, 0.2) is 60.0 Å². The number of hydrogen-bond acceptors (Lipinski definition) is 5. The molecule has 1 unspecified atom stereocenters. The van der Waals surface area contributed by atoms with Gasteiger partial charge in [-0.3, -0.25) is 5.32 Å². The van der Waals surface area contributed by atoms with Crippen LogP contribution in [0.3, 0.4) is 0 Å². The molecular formula is C21H24N4O2S. The normalized spacial score (nSPS) is 11.6. The number of rotatable bonds is 8. The fourth-order valence-corrected chi connectivity index (χ4v) is 3.51. The number of ether oxygens (including phenoxy) is 1. The summed E-state index contributed by atoms with van der Waals surface area (Å²) in [5.41, 5.74) is 9.33. The fraction of sp³-hybridized carbons (Fsp3) is 0.238. The van der Waals surface area contributed by atoms with Crippen molar-refractivity contribution in [2.24, 2.45) is 5.73 Å². The summed E-state index contributed by atoms with van der Waals surface area (Å²) in [4.78, 5) is 16.5. The second-order valence-corrected chi connectivity index (χ2v) is 7.21. The van der Waals surface area contributed by atoms with Gasteiger partial charge >= 0.3 is 6.03 Å². The van der Waals surface area contributed by atoms with Crippen LogP contribution in [-0.4, -0.2) is 24.7 Å². The summed E-state index contributed by atoms with van der Waals surface area (Å²) in [5.74, 6) is 0.816. The van der Waals surface area contributed by atoms with Crippen LogP contribution in [0.25, 0.3) is 0 Å². The second-order valence-electron chi connectivity index (χ2n) is 6.35. The highest BCUT2D eigenvalue weighted by Gasteiger charge is 2.13. The molecule has 0 aliphatic rings. The first kappa shape index (κ1) is 19.9. The molecule has 0 bridgehead atoms. The van der Waals surface area contributed by atoms with Crippen molar-refractivity contribution in [1.29, 1.82) is 0 Å². The number of benzene rings is 2. The highest BCUT2D eigenvalue weighted by Crippen LogP contribution is 2.23. The van der Waals surface area contributed by atoms with E-state index in [4.69, 9.17) is 10.5 Å². The lowest BCUT2D eigenvalue weighted by Crippen LogP contribution is -2.30. The SMILES string of the molecule is COc1ccc(CC(N)c2csc(NC(=O)NCCc3ccccc3)n2)cc1. The first-order valence-corrected chi connectivity index (χ1v) is 9.94. The number of carbonyl (C=O) groups excluding carboxylic acids is 1. The molecule has 0 spiro atoms. The number of hydrogen-bond donors (Lipinski definition) is 3. The minimum absolute atomic E-state index is 0.235. The number of aromatic nitrogens is 1. The lowest BCUT2D eigenvalue weighted by atomic mass is 10.0. The van der Waals surface area contributed by atoms with E-state index in [1.807, 2.05) is 60.0 Å². The molecule has 3 aromatic rings. The van der Waals surface area contributed by atoms with Crippen molar-refractivity contribution in [2.45, 2.75) is 18.9 Å². The van der Waals surface area contributed by atoms with Crippen molar-refractivity contribution in [3.05, 3.63) is 76.8 Å². The van der Waals surface area contributed by atoms with Gasteiger partial charge < -0.3 is 15.8 Å². The minimum atomic E-state index is -0.263. The molecule has 7 heteroatoms. The first-order valence-electron chi connectivity index (χ1n) is 9.07. The highest BCUT2D eigenvalue weighted by atomic mass is 32.1. The summed E-state index contributed by atoms with van der Waals surface area (Å²) in [5, 5.41) is 8.03. The van der Waals surface area contributed by atoms with Crippen molar-refractivity contribution in [3.8, 4) is 5.75 Å². The lowest BCUT2D eigenvalue weighted by Gasteiger charge is -2.09. The zero-order valence-corrected chi connectivity index (χ0v) is 16.5. The van der Waals surface area contributed by atoms with Crippen LogP contribution in [0.1, 0.15) is 22.9 Å². The molecule has 6 nitrogen and oxygen atoms in total. The standard InChI is InChI=1S/C21H24N4O2S/c1-27-17-9-7-16(8-10-17)13-18(22)19-14-28-21(24-19)25-20(26)23-12-11-15-5-3-2-4-6-15/h2-10,14,18H,11-13,22H2,1H3,(H2,23,24,25,26). The Morgan fingerprint density at radius 2 is 1.89 bits per heavy atom. The Morgan fingerprint density at radius 1 is 1.14 bits per heavy atom. The number of carbonyl (C=O) groups is 1. The summed E-state index contributed by atoms with van der Waals surface area (Å²) >= 11 is 1.37. The summed E-state index contributed by atoms with van der Waals surface area (Å²) in [6.07, 6.45) is 1.44. The van der Waals surface area contributed by atoms with Crippen LogP contribution in [0, 0.1) is 0 Å². The van der Waals surface area contributed by atoms with Crippen molar-refractivity contribution in [1.82, 2.24) is 10.3 Å². The second kappa shape index (κ2) is 9.87. The van der Waals surface area contributed by atoms with E-state index in [1.54, 1.807) is 7.11 Å². The molecule has 3 rings (SSSR count). The number of methoxy groups -OCH3 is 1. The maximum atomic E-state index is 12.0. The van der Waals surface area contributed by atoms with Gasteiger partial charge in [0.2, 0.25) is 0 Å². The largest absolute Gasteiger partial charge is 0.497 e. The van der Waals surface area contributed by atoms with E-state index in [2.05, 4.69) is 15.6 Å². The average Bonchev–Trinajstić information content (AvgIpc) is 3.18. The van der Waals surface area contributed by atoms with Gasteiger partial charge in [0.25, 0.3) is 0 Å². The molecule has 1 aromatic heterocycles. The quantitative estimate of drug-likeness (QED) is 0.541. The van der Waals surface area contributed by atoms with Gasteiger partial charge in [0.05, 0.1) is 18.8 Å². The van der Waals surface area contributed by atoms with Crippen LogP contribution in [-0.2, 0) is 12.8 Å². The zero-order chi connectivity index (χ0) is 19.8. The minimum Gasteiger partial charge on any atom is -0.497 e. The topological polar surface area (TPSA) is 89.3 Å². The molecule has 28 heavy (non-hydrogen) atoms. The fourth-order valence-electron chi connectivity index (χ4n) is 2.74. The van der Waals surface area contributed by atoms with Crippen LogP contribution >= 0.6 is 11.3 Å². The Labute approximate surface area is 168 Å². The van der Waals surface area contributed by atoms with Crippen LogP contribution in [0.5, 0.6) is 5.75 Å². The molecule has 1 heterocycles. The molecule has 2 amide bonds. The van der Waals surface area contributed by atoms with Crippen molar-refractivity contribution in [3.63, 3.8) is 0 Å². The molecule has 0 radical (unpaired) electrons. The Balaban J connectivity index is 1.46. The Hall–Kier alpha value is -2.90. The van der Waals surface area contributed by atoms with E-state index < -0.39 is 0 Å². The molecule has 0 saturated carbocycles. The van der Waals surface area contributed by atoms with Crippen molar-refractivity contribution in [2.75, 3.05) is 19.0 Å². The molecule has 2 aromatic carbocycles. The Kier molecular flexibility index (Phi) is 7.00. The van der Waals surface area contributed by atoms with Crippen molar-refractivity contribution < 1.29 is 9.53 Å². The maximum Gasteiger partial charge on any atom is 0.321 e. The van der Waals surface area contributed by atoms with E-state index in [1.165, 1.54) is 16.9 Å². The molecular weight excluding hydrogens is 372 g/mol.